The number of amides is 1. The second kappa shape index (κ2) is 10.0. The zero-order valence-corrected chi connectivity index (χ0v) is 19.1. The normalized spacial score (nSPS) is 13.7. The van der Waals surface area contributed by atoms with Crippen molar-refractivity contribution < 1.29 is 17.9 Å². The maximum atomic E-state index is 12.4. The van der Waals surface area contributed by atoms with Gasteiger partial charge in [0, 0.05) is 29.8 Å². The van der Waals surface area contributed by atoms with Crippen molar-refractivity contribution in [3.05, 3.63) is 95.6 Å². The van der Waals surface area contributed by atoms with E-state index in [2.05, 4.69) is 10.0 Å². The summed E-state index contributed by atoms with van der Waals surface area (Å²) in [6, 6.07) is 22.1. The number of methoxy groups -OCH3 is 1. The van der Waals surface area contributed by atoms with E-state index in [1.165, 1.54) is 6.08 Å². The van der Waals surface area contributed by atoms with Crippen LogP contribution in [-0.4, -0.2) is 27.5 Å². The Labute approximate surface area is 194 Å². The molecule has 0 aromatic heterocycles. The monoisotopic (exact) mass is 462 g/mol. The molecule has 3 aromatic rings. The van der Waals surface area contributed by atoms with Crippen LogP contribution >= 0.6 is 0 Å². The summed E-state index contributed by atoms with van der Waals surface area (Å²) in [7, 11) is -1.85. The molecule has 0 atom stereocenters. The van der Waals surface area contributed by atoms with Gasteiger partial charge in [-0.2, -0.15) is 0 Å². The standard InChI is InChI=1S/C26H26N2O4S/c1-32-25-15-12-23(18-21(25)17-20-5-3-2-4-6-20)27-26(29)16-9-19-7-13-24(14-8-19)33(30,31)28-22-10-11-22/h2-9,12-16,18,22,28H,10-11,17H2,1H3,(H,27,29)/b16-9+. The molecular formula is C26H26N2O4S. The Hall–Kier alpha value is -3.42. The molecule has 6 nitrogen and oxygen atoms in total. The smallest absolute Gasteiger partial charge is 0.248 e. The van der Waals surface area contributed by atoms with Gasteiger partial charge in [0.05, 0.1) is 12.0 Å². The minimum absolute atomic E-state index is 0.0597. The largest absolute Gasteiger partial charge is 0.496 e. The Morgan fingerprint density at radius 2 is 1.76 bits per heavy atom. The lowest BCUT2D eigenvalue weighted by atomic mass is 10.0. The third-order valence-electron chi connectivity index (χ3n) is 5.30. The van der Waals surface area contributed by atoms with Crippen LogP contribution in [0.25, 0.3) is 6.08 Å². The van der Waals surface area contributed by atoms with Crippen LogP contribution in [0, 0.1) is 0 Å². The quantitative estimate of drug-likeness (QED) is 0.462. The second-order valence-corrected chi connectivity index (χ2v) is 9.69. The van der Waals surface area contributed by atoms with Crippen LogP contribution < -0.4 is 14.8 Å². The van der Waals surface area contributed by atoms with Gasteiger partial charge in [-0.1, -0.05) is 42.5 Å². The van der Waals surface area contributed by atoms with Gasteiger partial charge in [0.25, 0.3) is 0 Å². The minimum Gasteiger partial charge on any atom is -0.496 e. The van der Waals surface area contributed by atoms with Gasteiger partial charge >= 0.3 is 0 Å². The highest BCUT2D eigenvalue weighted by molar-refractivity contribution is 7.89. The van der Waals surface area contributed by atoms with Crippen LogP contribution in [0.5, 0.6) is 5.75 Å². The molecule has 0 unspecified atom stereocenters. The summed E-state index contributed by atoms with van der Waals surface area (Å²) in [5, 5.41) is 2.87. The van der Waals surface area contributed by atoms with Crippen molar-refractivity contribution in [2.24, 2.45) is 0 Å². The van der Waals surface area contributed by atoms with E-state index in [1.807, 2.05) is 42.5 Å². The van der Waals surface area contributed by atoms with Gasteiger partial charge in [-0.15, -0.1) is 0 Å². The number of rotatable bonds is 9. The van der Waals surface area contributed by atoms with E-state index in [4.69, 9.17) is 4.74 Å². The average Bonchev–Trinajstić information content (AvgIpc) is 3.62. The number of hydrogen-bond acceptors (Lipinski definition) is 4. The van der Waals surface area contributed by atoms with Gasteiger partial charge in [0.15, 0.2) is 0 Å². The molecule has 1 amide bonds. The first-order valence-electron chi connectivity index (χ1n) is 10.8. The number of carbonyl (C=O) groups excluding carboxylic acids is 1. The molecule has 170 valence electrons. The number of ether oxygens (including phenoxy) is 1. The molecule has 33 heavy (non-hydrogen) atoms. The number of anilines is 1. The Morgan fingerprint density at radius 1 is 1.03 bits per heavy atom. The van der Waals surface area contributed by atoms with Crippen molar-refractivity contribution in [2.75, 3.05) is 12.4 Å². The highest BCUT2D eigenvalue weighted by Crippen LogP contribution is 2.25. The fourth-order valence-corrected chi connectivity index (χ4v) is 4.72. The first kappa shape index (κ1) is 22.8. The number of carbonyl (C=O) groups is 1. The summed E-state index contributed by atoms with van der Waals surface area (Å²) < 4.78 is 32.6. The van der Waals surface area contributed by atoms with Gasteiger partial charge in [0.1, 0.15) is 5.75 Å². The van der Waals surface area contributed by atoms with Gasteiger partial charge in [0.2, 0.25) is 15.9 Å². The molecule has 0 heterocycles. The zero-order valence-electron chi connectivity index (χ0n) is 18.3. The summed E-state index contributed by atoms with van der Waals surface area (Å²) in [6.45, 7) is 0. The molecule has 1 aliphatic rings. The fourth-order valence-electron chi connectivity index (χ4n) is 3.41. The van der Waals surface area contributed by atoms with Crippen LogP contribution in [0.2, 0.25) is 0 Å². The molecule has 4 rings (SSSR count). The van der Waals surface area contributed by atoms with Crippen LogP contribution in [0.15, 0.2) is 83.8 Å². The Kier molecular flexibility index (Phi) is 6.91. The average molecular weight is 463 g/mol. The van der Waals surface area contributed by atoms with Crippen molar-refractivity contribution in [1.82, 2.24) is 4.72 Å². The SMILES string of the molecule is COc1ccc(NC(=O)/C=C/c2ccc(S(=O)(=O)NC3CC3)cc2)cc1Cc1ccccc1. The van der Waals surface area contributed by atoms with Crippen molar-refractivity contribution in [1.29, 1.82) is 0 Å². The van der Waals surface area contributed by atoms with Gasteiger partial charge in [-0.25, -0.2) is 13.1 Å². The van der Waals surface area contributed by atoms with Crippen molar-refractivity contribution >= 4 is 27.7 Å². The lowest BCUT2D eigenvalue weighted by molar-refractivity contribution is -0.111. The molecule has 0 saturated heterocycles. The third kappa shape index (κ3) is 6.31. The Morgan fingerprint density at radius 3 is 2.42 bits per heavy atom. The van der Waals surface area contributed by atoms with E-state index >= 15 is 0 Å². The Bertz CT molecular complexity index is 1250. The molecule has 7 heteroatoms. The van der Waals surface area contributed by atoms with E-state index in [9.17, 15) is 13.2 Å². The molecule has 1 saturated carbocycles. The topological polar surface area (TPSA) is 84.5 Å². The highest BCUT2D eigenvalue weighted by Gasteiger charge is 2.27. The summed E-state index contributed by atoms with van der Waals surface area (Å²) in [5.74, 6) is 0.483. The molecule has 1 aliphatic carbocycles. The first-order chi connectivity index (χ1) is 15.9. The van der Waals surface area contributed by atoms with Crippen molar-refractivity contribution in [3.8, 4) is 5.75 Å². The van der Waals surface area contributed by atoms with E-state index in [-0.39, 0.29) is 16.8 Å². The molecular weight excluding hydrogens is 436 g/mol. The predicted molar refractivity (Wildman–Crippen MR) is 130 cm³/mol. The lowest BCUT2D eigenvalue weighted by Gasteiger charge is -2.11. The van der Waals surface area contributed by atoms with E-state index in [0.717, 1.165) is 35.3 Å². The summed E-state index contributed by atoms with van der Waals surface area (Å²) in [6.07, 6.45) is 5.53. The maximum Gasteiger partial charge on any atom is 0.248 e. The summed E-state index contributed by atoms with van der Waals surface area (Å²) in [4.78, 5) is 12.7. The Balaban J connectivity index is 1.40. The summed E-state index contributed by atoms with van der Waals surface area (Å²) >= 11 is 0. The fraction of sp³-hybridized carbons (Fsp3) is 0.192. The lowest BCUT2D eigenvalue weighted by Crippen LogP contribution is -2.25. The number of nitrogens with one attached hydrogen (secondary N) is 2. The van der Waals surface area contributed by atoms with Crippen LogP contribution in [-0.2, 0) is 21.2 Å². The van der Waals surface area contributed by atoms with Crippen molar-refractivity contribution in [3.63, 3.8) is 0 Å². The molecule has 1 fully saturated rings. The van der Waals surface area contributed by atoms with Crippen LogP contribution in [0.4, 0.5) is 5.69 Å². The highest BCUT2D eigenvalue weighted by atomic mass is 32.2. The molecule has 0 spiro atoms. The minimum atomic E-state index is -3.48. The molecule has 3 aromatic carbocycles. The summed E-state index contributed by atoms with van der Waals surface area (Å²) in [5.41, 5.74) is 3.53. The molecule has 0 aliphatic heterocycles. The number of benzene rings is 3. The molecule has 2 N–H and O–H groups in total. The number of hydrogen-bond donors (Lipinski definition) is 2. The predicted octanol–water partition coefficient (Wildman–Crippen LogP) is 4.38. The van der Waals surface area contributed by atoms with Gasteiger partial charge in [-0.3, -0.25) is 4.79 Å². The first-order valence-corrected chi connectivity index (χ1v) is 12.2. The van der Waals surface area contributed by atoms with Gasteiger partial charge in [-0.05, 0) is 60.4 Å². The van der Waals surface area contributed by atoms with Gasteiger partial charge < -0.3 is 10.1 Å². The van der Waals surface area contributed by atoms with Crippen LogP contribution in [0.1, 0.15) is 29.5 Å². The second-order valence-electron chi connectivity index (χ2n) is 7.98. The zero-order chi connectivity index (χ0) is 23.3. The molecule has 0 radical (unpaired) electrons. The number of sulfonamides is 1. The van der Waals surface area contributed by atoms with E-state index < -0.39 is 10.0 Å². The van der Waals surface area contributed by atoms with E-state index in [1.54, 1.807) is 43.5 Å². The third-order valence-corrected chi connectivity index (χ3v) is 6.84. The van der Waals surface area contributed by atoms with Crippen molar-refractivity contribution in [2.45, 2.75) is 30.2 Å². The molecule has 0 bridgehead atoms. The maximum absolute atomic E-state index is 12.4. The van der Waals surface area contributed by atoms with Crippen LogP contribution in [0.3, 0.4) is 0 Å². The van der Waals surface area contributed by atoms with E-state index in [0.29, 0.717) is 12.1 Å².